The van der Waals surface area contributed by atoms with Crippen LogP contribution < -0.4 is 40.7 Å². The highest BCUT2D eigenvalue weighted by Crippen LogP contribution is 2.30. The topological polar surface area (TPSA) is 182 Å². The lowest BCUT2D eigenvalue weighted by Crippen LogP contribution is -2.28. The Morgan fingerprint density at radius 2 is 1.11 bits per heavy atom. The zero-order valence-corrected chi connectivity index (χ0v) is 43.1. The van der Waals surface area contributed by atoms with Gasteiger partial charge in [-0.25, -0.2) is 9.97 Å². The lowest BCUT2D eigenvalue weighted by Gasteiger charge is -2.19. The van der Waals surface area contributed by atoms with Crippen LogP contribution in [0.5, 0.6) is 23.0 Å². The molecule has 0 aliphatic carbocycles. The van der Waals surface area contributed by atoms with Crippen LogP contribution in [0.15, 0.2) is 144 Å². The Morgan fingerprint density at radius 1 is 0.662 bits per heavy atom. The average Bonchev–Trinajstić information content (AvgIpc) is 3.27. The van der Waals surface area contributed by atoms with E-state index in [0.717, 1.165) is 58.0 Å². The summed E-state index contributed by atoms with van der Waals surface area (Å²) in [6.45, 7) is 13.1. The van der Waals surface area contributed by atoms with Gasteiger partial charge in [0.15, 0.2) is 10.1 Å². The monoisotopic (exact) mass is 1100 g/mol. The molecule has 0 fully saturated rings. The highest BCUT2D eigenvalue weighted by Gasteiger charge is 2.32. The van der Waals surface area contributed by atoms with Gasteiger partial charge in [0.05, 0.1) is 11.2 Å². The molecule has 6 aromatic rings. The Balaban J connectivity index is 0.000000288. The highest BCUT2D eigenvalue weighted by molar-refractivity contribution is 9.10. The normalized spacial score (nSPS) is 11.5. The number of benzene rings is 4. The van der Waals surface area contributed by atoms with Gasteiger partial charge >= 0.3 is 12.7 Å². The van der Waals surface area contributed by atoms with Crippen LogP contribution in [0.4, 0.5) is 26.3 Å². The van der Waals surface area contributed by atoms with Gasteiger partial charge in [-0.2, -0.15) is 0 Å². The molecule has 0 saturated carbocycles. The zero-order valence-electron chi connectivity index (χ0n) is 39.9. The lowest BCUT2D eigenvalue weighted by atomic mass is 10.1. The molecule has 6 rings (SSSR count). The number of alkyl halides is 6. The van der Waals surface area contributed by atoms with Gasteiger partial charge in [-0.3, -0.25) is 14.2 Å². The van der Waals surface area contributed by atoms with Crippen LogP contribution in [0.2, 0.25) is 0 Å². The maximum absolute atomic E-state index is 12.9. The van der Waals surface area contributed by atoms with E-state index in [-0.39, 0.29) is 39.3 Å². The van der Waals surface area contributed by atoms with Crippen molar-refractivity contribution in [1.29, 1.82) is 0 Å². The largest absolute Gasteiger partial charge is 0.573 e. The number of aliphatic hydroxyl groups is 2. The fraction of sp³-hybridized carbons (Fsp3) is 0.333. The maximum Gasteiger partial charge on any atom is 0.573 e. The van der Waals surface area contributed by atoms with Gasteiger partial charge in [-0.15, -0.1) is 26.3 Å². The molecule has 0 unspecified atom stereocenters. The predicted molar refractivity (Wildman–Crippen MR) is 264 cm³/mol. The average molecular weight is 1100 g/mol. The van der Waals surface area contributed by atoms with Crippen LogP contribution >= 0.6 is 39.5 Å². The SMILES string of the molecule is CNCCNC.Cc1cc(-n2ccnc(Sc3ccc(OC(F)(F)F)cc3)c2=O)ccc1OCC(C)(C)O.Cc1cc(Br)ccc1OCC(C)(C)O.O=c1[nH]ccnc1Sc1ccc(OC(F)(F)F)cc1. The predicted octanol–water partition coefficient (Wildman–Crippen LogP) is 9.89. The molecule has 0 amide bonds. The van der Waals surface area contributed by atoms with Crippen LogP contribution in [-0.2, 0) is 0 Å². The summed E-state index contributed by atoms with van der Waals surface area (Å²) in [4.78, 5) is 35.8. The third-order valence-electron chi connectivity index (χ3n) is 8.39. The van der Waals surface area contributed by atoms with E-state index in [4.69, 9.17) is 9.47 Å². The second kappa shape index (κ2) is 27.9. The number of nitrogens with one attached hydrogen (secondary N) is 3. The molecule has 0 spiro atoms. The second-order valence-electron chi connectivity index (χ2n) is 16.1. The summed E-state index contributed by atoms with van der Waals surface area (Å²) in [5, 5.41) is 25.7. The molecule has 0 aliphatic rings. The number of hydrogen-bond acceptors (Lipinski definition) is 14. The van der Waals surface area contributed by atoms with Crippen molar-refractivity contribution in [3.63, 3.8) is 0 Å². The first-order valence-electron chi connectivity index (χ1n) is 21.2. The van der Waals surface area contributed by atoms with E-state index in [1.165, 1.54) is 77.9 Å². The summed E-state index contributed by atoms with van der Waals surface area (Å²) in [5.41, 5.74) is -0.0637. The van der Waals surface area contributed by atoms with Gasteiger partial charge in [0.25, 0.3) is 11.1 Å². The van der Waals surface area contributed by atoms with Crippen molar-refractivity contribution in [1.82, 2.24) is 30.2 Å². The number of hydrogen-bond donors (Lipinski definition) is 5. The van der Waals surface area contributed by atoms with E-state index in [2.05, 4.69) is 51.0 Å². The number of ether oxygens (including phenoxy) is 4. The number of nitrogens with zero attached hydrogens (tertiary/aromatic N) is 3. The molecule has 71 heavy (non-hydrogen) atoms. The maximum atomic E-state index is 12.9. The lowest BCUT2D eigenvalue weighted by molar-refractivity contribution is -0.275. The number of H-pyrrole nitrogens is 1. The molecule has 0 atom stereocenters. The molecule has 0 bridgehead atoms. The molecule has 2 aromatic heterocycles. The summed E-state index contributed by atoms with van der Waals surface area (Å²) < 4.78 is 93.9. The fourth-order valence-electron chi connectivity index (χ4n) is 5.20. The molecule has 386 valence electrons. The van der Waals surface area contributed by atoms with Crippen molar-refractivity contribution in [2.45, 2.75) is 85.3 Å². The molecule has 0 aliphatic heterocycles. The van der Waals surface area contributed by atoms with Crippen molar-refractivity contribution in [3.8, 4) is 28.7 Å². The number of aromatic nitrogens is 4. The minimum atomic E-state index is -4.77. The third kappa shape index (κ3) is 23.9. The Hall–Kier alpha value is -5.56. The Morgan fingerprint density at radius 3 is 1.54 bits per heavy atom. The van der Waals surface area contributed by atoms with Gasteiger partial charge in [-0.1, -0.05) is 39.5 Å². The number of likely N-dealkylation sites (N-methyl/N-ethyl adjacent to an activating group) is 2. The Labute approximate surface area is 423 Å². The molecular formula is C48H55BrF6N6O8S2. The number of rotatable bonds is 16. The van der Waals surface area contributed by atoms with Gasteiger partial charge in [0, 0.05) is 57.8 Å². The van der Waals surface area contributed by atoms with Crippen LogP contribution in [-0.4, -0.2) is 94.1 Å². The molecular weight excluding hydrogens is 1050 g/mol. The molecule has 4 aromatic carbocycles. The van der Waals surface area contributed by atoms with Gasteiger partial charge < -0.3 is 44.8 Å². The minimum absolute atomic E-state index is 0.121. The van der Waals surface area contributed by atoms with Gasteiger partial charge in [0.2, 0.25) is 0 Å². The Kier molecular flexibility index (Phi) is 23.5. The van der Waals surface area contributed by atoms with E-state index in [1.54, 1.807) is 45.9 Å². The molecule has 2 heterocycles. The smallest absolute Gasteiger partial charge is 0.490 e. The molecule has 0 saturated heterocycles. The Bertz CT molecular complexity index is 2680. The van der Waals surface area contributed by atoms with Crippen LogP contribution in [0.25, 0.3) is 5.69 Å². The van der Waals surface area contributed by atoms with Crippen molar-refractivity contribution in [2.75, 3.05) is 40.4 Å². The van der Waals surface area contributed by atoms with Crippen molar-refractivity contribution >= 4 is 39.5 Å². The molecule has 5 N–H and O–H groups in total. The van der Waals surface area contributed by atoms with E-state index < -0.39 is 23.9 Å². The highest BCUT2D eigenvalue weighted by atomic mass is 79.9. The second-order valence-corrected chi connectivity index (χ2v) is 19.2. The summed E-state index contributed by atoms with van der Waals surface area (Å²) in [7, 11) is 3.88. The van der Waals surface area contributed by atoms with E-state index >= 15 is 0 Å². The van der Waals surface area contributed by atoms with Crippen molar-refractivity contribution < 1.29 is 55.5 Å². The summed E-state index contributed by atoms with van der Waals surface area (Å²) in [5.74, 6) is 0.749. The summed E-state index contributed by atoms with van der Waals surface area (Å²) in [6, 6.07) is 21.4. The minimum Gasteiger partial charge on any atom is -0.490 e. The summed E-state index contributed by atoms with van der Waals surface area (Å²) in [6.07, 6.45) is -3.67. The van der Waals surface area contributed by atoms with E-state index in [0.29, 0.717) is 27.8 Å². The number of halogens is 7. The van der Waals surface area contributed by atoms with Crippen LogP contribution in [0.1, 0.15) is 38.8 Å². The molecule has 14 nitrogen and oxygen atoms in total. The van der Waals surface area contributed by atoms with Crippen LogP contribution in [0, 0.1) is 13.8 Å². The van der Waals surface area contributed by atoms with E-state index in [9.17, 15) is 46.1 Å². The molecule has 0 radical (unpaired) electrons. The van der Waals surface area contributed by atoms with Gasteiger partial charge in [-0.05, 0) is 152 Å². The zero-order chi connectivity index (χ0) is 53.0. The first-order chi connectivity index (χ1) is 33.1. The first kappa shape index (κ1) is 59.7. The van der Waals surface area contributed by atoms with E-state index in [1.807, 2.05) is 46.1 Å². The molecule has 23 heteroatoms. The quantitative estimate of drug-likeness (QED) is 0.0456. The van der Waals surface area contributed by atoms with Gasteiger partial charge in [0.1, 0.15) is 36.2 Å². The van der Waals surface area contributed by atoms with Crippen molar-refractivity contribution in [3.05, 3.63) is 146 Å². The number of aromatic amines is 1. The number of aryl methyl sites for hydroxylation is 2. The van der Waals surface area contributed by atoms with Crippen LogP contribution in [0.3, 0.4) is 0 Å². The third-order valence-corrected chi connectivity index (χ3v) is 10.9. The fourth-order valence-corrected chi connectivity index (χ4v) is 7.23. The first-order valence-corrected chi connectivity index (χ1v) is 23.6. The van der Waals surface area contributed by atoms with Crippen molar-refractivity contribution in [2.24, 2.45) is 0 Å². The summed E-state index contributed by atoms with van der Waals surface area (Å²) >= 11 is 5.47. The standard InChI is InChI=1S/C22H21F3N2O4S.C11H15BrO2.C11H7F3N2O2S.C4H12N2/c1-14-12-15(4-9-18(14)30-13-21(2,3)29)27-11-10-26-19(20(27)28)32-17-7-5-16(6-8-17)31-22(23,24)25;1-8-6-9(12)4-5-10(8)14-7-11(2,3)13;12-11(13,14)18-7-1-3-8(4-2-7)19-10-9(17)15-5-6-16-10;1-5-3-4-6-2/h4-12,29H,13H2,1-3H3;4-6,13H,7H2,1-3H3;1-6H,(H,15,17);5-6H,3-4H2,1-2H3.